The van der Waals surface area contributed by atoms with Crippen LogP contribution in [-0.2, 0) is 6.54 Å². The van der Waals surface area contributed by atoms with Crippen molar-refractivity contribution in [3.05, 3.63) is 97.1 Å². The Morgan fingerprint density at radius 2 is 1.64 bits per heavy atom. The number of nitrogens with zero attached hydrogens (tertiary/aromatic N) is 4. The van der Waals surface area contributed by atoms with E-state index in [0.717, 1.165) is 43.7 Å². The maximum atomic E-state index is 4.52. The Morgan fingerprint density at radius 3 is 2.45 bits per heavy atom. The molecule has 164 valence electrons. The number of fused-ring (bicyclic) bond motifs is 2. The molecule has 5 heteroatoms. The Hall–Kier alpha value is -3.15. The van der Waals surface area contributed by atoms with Crippen LogP contribution in [0.3, 0.4) is 0 Å². The van der Waals surface area contributed by atoms with Gasteiger partial charge >= 0.3 is 0 Å². The maximum absolute atomic E-state index is 4.52. The molecule has 4 nitrogen and oxygen atoms in total. The Balaban J connectivity index is 1.28. The monoisotopic (exact) mass is 450 g/mol. The lowest BCUT2D eigenvalue weighted by atomic mass is 9.99. The van der Waals surface area contributed by atoms with Gasteiger partial charge in [-0.1, -0.05) is 42.1 Å². The maximum Gasteiger partial charge on any atom is 0.0555 e. The molecule has 0 bridgehead atoms. The number of aromatic nitrogens is 2. The van der Waals surface area contributed by atoms with Gasteiger partial charge in [-0.05, 0) is 60.9 Å². The molecule has 1 saturated heterocycles. The summed E-state index contributed by atoms with van der Waals surface area (Å²) in [5, 5.41) is 0. The molecule has 0 atom stereocenters. The minimum absolute atomic E-state index is 0.495. The molecular weight excluding hydrogens is 424 g/mol. The van der Waals surface area contributed by atoms with Gasteiger partial charge in [0.05, 0.1) is 17.1 Å². The van der Waals surface area contributed by atoms with Crippen LogP contribution in [0.15, 0.2) is 101 Å². The van der Waals surface area contributed by atoms with Crippen molar-refractivity contribution in [1.82, 2.24) is 14.9 Å². The Kier molecular flexibility index (Phi) is 5.58. The lowest BCUT2D eigenvalue weighted by molar-refractivity contribution is 0.203. The van der Waals surface area contributed by atoms with Crippen molar-refractivity contribution >= 4 is 23.1 Å². The van der Waals surface area contributed by atoms with E-state index in [-0.39, 0.29) is 0 Å². The van der Waals surface area contributed by atoms with Crippen LogP contribution in [0.25, 0.3) is 11.1 Å². The van der Waals surface area contributed by atoms with E-state index < -0.39 is 0 Å². The summed E-state index contributed by atoms with van der Waals surface area (Å²) in [6.45, 7) is 3.12. The number of benzene rings is 2. The van der Waals surface area contributed by atoms with Crippen molar-refractivity contribution in [1.29, 1.82) is 0 Å². The second kappa shape index (κ2) is 9.00. The molecule has 4 aromatic rings. The molecule has 0 unspecified atom stereocenters. The van der Waals surface area contributed by atoms with E-state index >= 15 is 0 Å². The van der Waals surface area contributed by atoms with Crippen molar-refractivity contribution in [3.8, 4) is 11.1 Å². The highest BCUT2D eigenvalue weighted by Crippen LogP contribution is 2.50. The Labute approximate surface area is 199 Å². The average Bonchev–Trinajstić information content (AvgIpc) is 2.89. The molecule has 0 N–H and O–H groups in total. The summed E-state index contributed by atoms with van der Waals surface area (Å²) in [5.74, 6) is 0. The van der Waals surface area contributed by atoms with Crippen molar-refractivity contribution in [3.63, 3.8) is 0 Å². The lowest BCUT2D eigenvalue weighted by Gasteiger charge is -2.43. The van der Waals surface area contributed by atoms with Gasteiger partial charge in [-0.3, -0.25) is 14.9 Å². The third-order valence-corrected chi connectivity index (χ3v) is 7.70. The Morgan fingerprint density at radius 1 is 0.788 bits per heavy atom. The zero-order valence-corrected chi connectivity index (χ0v) is 19.3. The summed E-state index contributed by atoms with van der Waals surface area (Å²) < 4.78 is 0. The zero-order chi connectivity index (χ0) is 22.0. The standard InChI is InChI=1S/C28H26N4S/c1-2-9-27-25(8-1)32(24-12-16-31(17-13-24)20-23-7-3-4-15-30-23)26-11-10-21(18-28(26)33-27)22-6-5-14-29-19-22/h1-11,14-15,18-19,24H,12-13,16-17,20H2. The first-order chi connectivity index (χ1) is 16.3. The second-order valence-electron chi connectivity index (χ2n) is 8.69. The van der Waals surface area contributed by atoms with E-state index in [1.807, 2.05) is 42.5 Å². The molecule has 0 amide bonds. The van der Waals surface area contributed by atoms with Gasteiger partial charge in [0, 0.05) is 59.6 Å². The number of para-hydroxylation sites is 1. The van der Waals surface area contributed by atoms with Crippen molar-refractivity contribution in [2.45, 2.75) is 35.2 Å². The molecular formula is C28H26N4S. The van der Waals surface area contributed by atoms with Gasteiger partial charge in [-0.15, -0.1) is 0 Å². The third kappa shape index (κ3) is 4.14. The average molecular weight is 451 g/mol. The largest absolute Gasteiger partial charge is 0.336 e. The fourth-order valence-corrected chi connectivity index (χ4v) is 6.06. The van der Waals surface area contributed by atoms with E-state index in [9.17, 15) is 0 Å². The van der Waals surface area contributed by atoms with E-state index in [1.54, 1.807) is 0 Å². The fraction of sp³-hybridized carbons (Fsp3) is 0.214. The van der Waals surface area contributed by atoms with E-state index in [2.05, 4.69) is 80.4 Å². The minimum Gasteiger partial charge on any atom is -0.336 e. The number of rotatable bonds is 4. The SMILES string of the molecule is c1ccc(CN2CCC(N3c4ccccc4Sc4cc(-c5cccnc5)ccc43)CC2)nc1. The van der Waals surface area contributed by atoms with E-state index in [0.29, 0.717) is 6.04 Å². The summed E-state index contributed by atoms with van der Waals surface area (Å²) in [7, 11) is 0. The highest BCUT2D eigenvalue weighted by atomic mass is 32.2. The van der Waals surface area contributed by atoms with E-state index in [4.69, 9.17) is 0 Å². The van der Waals surface area contributed by atoms with Gasteiger partial charge in [0.2, 0.25) is 0 Å². The predicted molar refractivity (Wildman–Crippen MR) is 135 cm³/mol. The first-order valence-corrected chi connectivity index (χ1v) is 12.4. The minimum atomic E-state index is 0.495. The van der Waals surface area contributed by atoms with Crippen LogP contribution < -0.4 is 4.90 Å². The van der Waals surface area contributed by atoms with Gasteiger partial charge in [-0.2, -0.15) is 0 Å². The van der Waals surface area contributed by atoms with Gasteiger partial charge in [0.1, 0.15) is 0 Å². The second-order valence-corrected chi connectivity index (χ2v) is 9.78. The number of hydrogen-bond acceptors (Lipinski definition) is 5. The summed E-state index contributed by atoms with van der Waals surface area (Å²) in [6, 6.07) is 26.5. The quantitative estimate of drug-likeness (QED) is 0.359. The molecule has 33 heavy (non-hydrogen) atoms. The van der Waals surface area contributed by atoms with Crippen LogP contribution in [0.5, 0.6) is 0 Å². The topological polar surface area (TPSA) is 32.3 Å². The number of piperidine rings is 1. The summed E-state index contributed by atoms with van der Waals surface area (Å²) >= 11 is 1.88. The normalized spacial score (nSPS) is 16.3. The molecule has 1 fully saturated rings. The molecule has 2 aliphatic heterocycles. The van der Waals surface area contributed by atoms with Crippen LogP contribution in [0.2, 0.25) is 0 Å². The van der Waals surface area contributed by atoms with Crippen molar-refractivity contribution in [2.75, 3.05) is 18.0 Å². The smallest absolute Gasteiger partial charge is 0.0555 e. The Bertz CT molecular complexity index is 1240. The van der Waals surface area contributed by atoms with Gasteiger partial charge < -0.3 is 4.90 Å². The number of hydrogen-bond donors (Lipinski definition) is 0. The highest BCUT2D eigenvalue weighted by Gasteiger charge is 2.31. The van der Waals surface area contributed by atoms with Crippen LogP contribution in [0, 0.1) is 0 Å². The highest BCUT2D eigenvalue weighted by molar-refractivity contribution is 7.99. The van der Waals surface area contributed by atoms with Gasteiger partial charge in [0.25, 0.3) is 0 Å². The molecule has 2 aliphatic rings. The first-order valence-electron chi connectivity index (χ1n) is 11.6. The van der Waals surface area contributed by atoms with Crippen LogP contribution in [0.1, 0.15) is 18.5 Å². The molecule has 0 radical (unpaired) electrons. The third-order valence-electron chi connectivity index (χ3n) is 6.59. The zero-order valence-electron chi connectivity index (χ0n) is 18.5. The number of anilines is 2. The van der Waals surface area contributed by atoms with Crippen LogP contribution in [-0.4, -0.2) is 34.0 Å². The summed E-state index contributed by atoms with van der Waals surface area (Å²) in [4.78, 5) is 16.6. The lowest BCUT2D eigenvalue weighted by Crippen LogP contribution is -2.43. The van der Waals surface area contributed by atoms with Crippen molar-refractivity contribution in [2.24, 2.45) is 0 Å². The number of likely N-dealkylation sites (tertiary alicyclic amines) is 1. The predicted octanol–water partition coefficient (Wildman–Crippen LogP) is 6.41. The van der Waals surface area contributed by atoms with Crippen LogP contribution >= 0.6 is 11.8 Å². The fourth-order valence-electron chi connectivity index (χ4n) is 4.95. The van der Waals surface area contributed by atoms with Crippen molar-refractivity contribution < 1.29 is 0 Å². The first kappa shape index (κ1) is 20.5. The molecule has 0 aliphatic carbocycles. The van der Waals surface area contributed by atoms with Gasteiger partial charge in [0.15, 0.2) is 0 Å². The van der Waals surface area contributed by atoms with Gasteiger partial charge in [-0.25, -0.2) is 0 Å². The summed E-state index contributed by atoms with van der Waals surface area (Å²) in [5.41, 5.74) is 6.21. The summed E-state index contributed by atoms with van der Waals surface area (Å²) in [6.07, 6.45) is 7.96. The molecule has 0 spiro atoms. The van der Waals surface area contributed by atoms with E-state index in [1.165, 1.54) is 26.7 Å². The molecule has 0 saturated carbocycles. The van der Waals surface area contributed by atoms with Crippen LogP contribution in [0.4, 0.5) is 11.4 Å². The molecule has 2 aromatic carbocycles. The number of pyridine rings is 2. The molecule has 4 heterocycles. The molecule has 2 aromatic heterocycles. The molecule has 6 rings (SSSR count).